The molecule has 1 fully saturated rings. The molecule has 0 aliphatic carbocycles. The molecule has 1 saturated heterocycles. The van der Waals surface area contributed by atoms with Crippen molar-refractivity contribution in [3.63, 3.8) is 0 Å². The Kier molecular flexibility index (Phi) is 5.25. The molecule has 1 aliphatic heterocycles. The van der Waals surface area contributed by atoms with Crippen LogP contribution in [0.4, 0.5) is 0 Å². The summed E-state index contributed by atoms with van der Waals surface area (Å²) >= 11 is 0. The summed E-state index contributed by atoms with van der Waals surface area (Å²) in [7, 11) is 0. The van der Waals surface area contributed by atoms with Gasteiger partial charge in [-0.2, -0.15) is 0 Å². The second-order valence-corrected chi connectivity index (χ2v) is 3.96. The van der Waals surface area contributed by atoms with Crippen molar-refractivity contribution in [1.82, 2.24) is 15.5 Å². The van der Waals surface area contributed by atoms with Crippen LogP contribution >= 0.6 is 0 Å². The standard InChI is InChI=1S/C11H21N3O2/c1-3-12-10(15)6-5-7-14-8-9(14)11(16)13-4-2/h9H,3-8H2,1-2H3,(H,12,15)(H,13,16). The molecule has 2 atom stereocenters. The van der Waals surface area contributed by atoms with Crippen LogP contribution in [0.5, 0.6) is 0 Å². The Morgan fingerprint density at radius 1 is 1.25 bits per heavy atom. The number of nitrogens with zero attached hydrogens (tertiary/aromatic N) is 1. The van der Waals surface area contributed by atoms with E-state index in [4.69, 9.17) is 0 Å². The number of hydrogen-bond acceptors (Lipinski definition) is 3. The lowest BCUT2D eigenvalue weighted by Crippen LogP contribution is -2.30. The number of hydrogen-bond donors (Lipinski definition) is 2. The average Bonchev–Trinajstić information content (AvgIpc) is 2.98. The minimum Gasteiger partial charge on any atom is -0.356 e. The van der Waals surface area contributed by atoms with E-state index < -0.39 is 0 Å². The molecule has 0 aromatic heterocycles. The summed E-state index contributed by atoms with van der Waals surface area (Å²) in [5.74, 6) is 0.208. The van der Waals surface area contributed by atoms with Crippen LogP contribution in [-0.2, 0) is 9.59 Å². The fraction of sp³-hybridized carbons (Fsp3) is 0.818. The van der Waals surface area contributed by atoms with Gasteiger partial charge in [-0.1, -0.05) is 0 Å². The molecule has 0 bridgehead atoms. The van der Waals surface area contributed by atoms with Gasteiger partial charge in [0.25, 0.3) is 0 Å². The molecule has 0 aromatic carbocycles. The van der Waals surface area contributed by atoms with Gasteiger partial charge >= 0.3 is 0 Å². The Morgan fingerprint density at radius 3 is 2.56 bits per heavy atom. The van der Waals surface area contributed by atoms with Crippen LogP contribution in [0.3, 0.4) is 0 Å². The SMILES string of the molecule is CCNC(=O)CCCN1CC1C(=O)NCC. The molecule has 5 nitrogen and oxygen atoms in total. The molecule has 1 aliphatic rings. The van der Waals surface area contributed by atoms with Crippen molar-refractivity contribution in [2.45, 2.75) is 32.7 Å². The van der Waals surface area contributed by atoms with Gasteiger partial charge in [0.15, 0.2) is 0 Å². The maximum absolute atomic E-state index is 11.4. The highest BCUT2D eigenvalue weighted by molar-refractivity contribution is 5.84. The van der Waals surface area contributed by atoms with E-state index in [1.807, 2.05) is 13.8 Å². The van der Waals surface area contributed by atoms with E-state index in [0.717, 1.165) is 19.5 Å². The molecular formula is C11H21N3O2. The number of likely N-dealkylation sites (N-methyl/N-ethyl adjacent to an activating group) is 1. The van der Waals surface area contributed by atoms with Gasteiger partial charge in [0.2, 0.25) is 11.8 Å². The maximum atomic E-state index is 11.4. The van der Waals surface area contributed by atoms with Crippen molar-refractivity contribution >= 4 is 11.8 Å². The third-order valence-corrected chi connectivity index (χ3v) is 2.59. The van der Waals surface area contributed by atoms with Crippen molar-refractivity contribution in [3.8, 4) is 0 Å². The van der Waals surface area contributed by atoms with Gasteiger partial charge in [0.05, 0.1) is 0 Å². The Morgan fingerprint density at radius 2 is 1.94 bits per heavy atom. The molecule has 0 saturated carbocycles. The van der Waals surface area contributed by atoms with E-state index in [1.165, 1.54) is 0 Å². The van der Waals surface area contributed by atoms with E-state index in [1.54, 1.807) is 0 Å². The molecule has 2 amide bonds. The van der Waals surface area contributed by atoms with Crippen LogP contribution in [0.25, 0.3) is 0 Å². The Hall–Kier alpha value is -1.10. The third-order valence-electron chi connectivity index (χ3n) is 2.59. The zero-order valence-electron chi connectivity index (χ0n) is 10.1. The molecule has 0 radical (unpaired) electrons. The minimum atomic E-state index is 0.0502. The summed E-state index contributed by atoms with van der Waals surface area (Å²) in [5, 5.41) is 5.55. The quantitative estimate of drug-likeness (QED) is 0.588. The summed E-state index contributed by atoms with van der Waals surface area (Å²) < 4.78 is 0. The molecular weight excluding hydrogens is 206 g/mol. The molecule has 92 valence electrons. The van der Waals surface area contributed by atoms with E-state index >= 15 is 0 Å². The van der Waals surface area contributed by atoms with Crippen LogP contribution in [0.2, 0.25) is 0 Å². The first kappa shape index (κ1) is 13.0. The van der Waals surface area contributed by atoms with E-state index in [-0.39, 0.29) is 17.9 Å². The molecule has 2 N–H and O–H groups in total. The molecule has 5 heteroatoms. The minimum absolute atomic E-state index is 0.0502. The highest BCUT2D eigenvalue weighted by Crippen LogP contribution is 2.17. The lowest BCUT2D eigenvalue weighted by atomic mass is 10.3. The van der Waals surface area contributed by atoms with Crippen molar-refractivity contribution < 1.29 is 9.59 Å². The molecule has 1 heterocycles. The highest BCUT2D eigenvalue weighted by Gasteiger charge is 2.39. The predicted octanol–water partition coefficient (Wildman–Crippen LogP) is -0.277. The smallest absolute Gasteiger partial charge is 0.238 e. The van der Waals surface area contributed by atoms with Crippen LogP contribution in [0.1, 0.15) is 26.7 Å². The van der Waals surface area contributed by atoms with Gasteiger partial charge in [0.1, 0.15) is 6.04 Å². The molecule has 2 unspecified atom stereocenters. The largest absolute Gasteiger partial charge is 0.356 e. The first-order valence-corrected chi connectivity index (χ1v) is 5.97. The number of carbonyl (C=O) groups is 2. The number of amides is 2. The van der Waals surface area contributed by atoms with Gasteiger partial charge in [-0.05, 0) is 26.8 Å². The molecule has 0 spiro atoms. The number of carbonyl (C=O) groups excluding carboxylic acids is 2. The fourth-order valence-corrected chi connectivity index (χ4v) is 1.69. The third kappa shape index (κ3) is 4.18. The molecule has 1 rings (SSSR count). The van der Waals surface area contributed by atoms with E-state index in [0.29, 0.717) is 19.5 Å². The Bertz CT molecular complexity index is 256. The predicted molar refractivity (Wildman–Crippen MR) is 62.0 cm³/mol. The van der Waals surface area contributed by atoms with Gasteiger partial charge in [0, 0.05) is 26.1 Å². The summed E-state index contributed by atoms with van der Waals surface area (Å²) in [6.45, 7) is 6.86. The van der Waals surface area contributed by atoms with Crippen LogP contribution < -0.4 is 10.6 Å². The lowest BCUT2D eigenvalue weighted by molar-refractivity contribution is -0.121. The van der Waals surface area contributed by atoms with Gasteiger partial charge in [-0.3, -0.25) is 14.5 Å². The van der Waals surface area contributed by atoms with Gasteiger partial charge < -0.3 is 10.6 Å². The molecule has 16 heavy (non-hydrogen) atoms. The van der Waals surface area contributed by atoms with Gasteiger partial charge in [-0.25, -0.2) is 0 Å². The van der Waals surface area contributed by atoms with Crippen molar-refractivity contribution in [2.75, 3.05) is 26.2 Å². The summed E-state index contributed by atoms with van der Waals surface area (Å²) in [6, 6.07) is 0.0502. The Balaban J connectivity index is 2.04. The normalized spacial score (nSPS) is 22.6. The second-order valence-electron chi connectivity index (χ2n) is 3.96. The first-order chi connectivity index (χ1) is 7.69. The molecule has 0 aromatic rings. The average molecular weight is 227 g/mol. The first-order valence-electron chi connectivity index (χ1n) is 5.97. The second kappa shape index (κ2) is 6.48. The zero-order valence-corrected chi connectivity index (χ0v) is 10.1. The fourth-order valence-electron chi connectivity index (χ4n) is 1.69. The van der Waals surface area contributed by atoms with Crippen molar-refractivity contribution in [2.24, 2.45) is 0 Å². The maximum Gasteiger partial charge on any atom is 0.238 e. The monoisotopic (exact) mass is 227 g/mol. The Labute approximate surface area is 96.6 Å². The van der Waals surface area contributed by atoms with E-state index in [9.17, 15) is 9.59 Å². The van der Waals surface area contributed by atoms with Crippen LogP contribution in [0, 0.1) is 0 Å². The number of nitrogens with one attached hydrogen (secondary N) is 2. The number of rotatable bonds is 7. The van der Waals surface area contributed by atoms with Crippen LogP contribution in [-0.4, -0.2) is 48.9 Å². The topological polar surface area (TPSA) is 61.2 Å². The highest BCUT2D eigenvalue weighted by atomic mass is 16.2. The lowest BCUT2D eigenvalue weighted by Gasteiger charge is -2.04. The summed E-state index contributed by atoms with van der Waals surface area (Å²) in [6.07, 6.45) is 1.37. The zero-order chi connectivity index (χ0) is 12.0. The van der Waals surface area contributed by atoms with Gasteiger partial charge in [-0.15, -0.1) is 0 Å². The van der Waals surface area contributed by atoms with Crippen molar-refractivity contribution in [3.05, 3.63) is 0 Å². The van der Waals surface area contributed by atoms with E-state index in [2.05, 4.69) is 15.5 Å². The summed E-state index contributed by atoms with van der Waals surface area (Å²) in [5.41, 5.74) is 0. The van der Waals surface area contributed by atoms with Crippen molar-refractivity contribution in [1.29, 1.82) is 0 Å². The van der Waals surface area contributed by atoms with Crippen LogP contribution in [0.15, 0.2) is 0 Å². The summed E-state index contributed by atoms with van der Waals surface area (Å²) in [4.78, 5) is 24.6.